The molecule has 0 aliphatic carbocycles. The van der Waals surface area contributed by atoms with Crippen molar-refractivity contribution >= 4 is 46.6 Å². The van der Waals surface area contributed by atoms with Gasteiger partial charge in [0, 0.05) is 24.7 Å². The van der Waals surface area contributed by atoms with E-state index in [9.17, 15) is 14.7 Å². The van der Waals surface area contributed by atoms with Gasteiger partial charge in [0.25, 0.3) is 11.8 Å². The summed E-state index contributed by atoms with van der Waals surface area (Å²) in [6.07, 6.45) is 1.14. The van der Waals surface area contributed by atoms with Crippen molar-refractivity contribution in [3.8, 4) is 11.5 Å². The highest BCUT2D eigenvalue weighted by atomic mass is 35.5. The number of hydrogen-bond acceptors (Lipinski definition) is 4. The van der Waals surface area contributed by atoms with Gasteiger partial charge in [-0.15, -0.1) is 0 Å². The predicted octanol–water partition coefficient (Wildman–Crippen LogP) is 4.79. The second kappa shape index (κ2) is 9.77. The Morgan fingerprint density at radius 2 is 1.77 bits per heavy atom. The number of benzene rings is 2. The predicted molar refractivity (Wildman–Crippen MR) is 117 cm³/mol. The summed E-state index contributed by atoms with van der Waals surface area (Å²) in [5.41, 5.74) is 0.438. The maximum absolute atomic E-state index is 12.7. The van der Waals surface area contributed by atoms with Gasteiger partial charge in [0.05, 0.1) is 21.7 Å². The summed E-state index contributed by atoms with van der Waals surface area (Å²) in [5, 5.41) is 12.9. The molecule has 160 valence electrons. The molecule has 1 fully saturated rings. The van der Waals surface area contributed by atoms with Gasteiger partial charge in [0.15, 0.2) is 0 Å². The lowest BCUT2D eigenvalue weighted by molar-refractivity contribution is 0.0698. The average Bonchev–Trinajstić information content (AvgIpc) is 2.73. The zero-order chi connectivity index (χ0) is 21.8. The van der Waals surface area contributed by atoms with Gasteiger partial charge in [0.1, 0.15) is 17.1 Å². The highest BCUT2D eigenvalue weighted by Crippen LogP contribution is 2.38. The van der Waals surface area contributed by atoms with Crippen molar-refractivity contribution in [2.24, 2.45) is 0 Å². The molecule has 30 heavy (non-hydrogen) atoms. The minimum absolute atomic E-state index is 0.0506. The van der Waals surface area contributed by atoms with Crippen LogP contribution in [0.25, 0.3) is 0 Å². The number of halogens is 3. The molecule has 0 atom stereocenters. The first-order valence-corrected chi connectivity index (χ1v) is 10.6. The lowest BCUT2D eigenvalue weighted by Crippen LogP contribution is -2.46. The van der Waals surface area contributed by atoms with E-state index in [1.807, 2.05) is 6.92 Å². The summed E-state index contributed by atoms with van der Waals surface area (Å²) in [7, 11) is 0. The number of hydrogen-bond donors (Lipinski definition) is 2. The summed E-state index contributed by atoms with van der Waals surface area (Å²) in [6.45, 7) is 3.45. The molecule has 1 aliphatic rings. The molecule has 2 amide bonds. The van der Waals surface area contributed by atoms with E-state index in [4.69, 9.17) is 39.5 Å². The number of phenolic OH excluding ortho intramolecular Hbond substituents is 1. The highest BCUT2D eigenvalue weighted by molar-refractivity contribution is 6.45. The van der Waals surface area contributed by atoms with E-state index in [1.165, 1.54) is 6.07 Å². The molecule has 1 heterocycles. The number of phenols is 1. The first-order valence-electron chi connectivity index (χ1n) is 9.51. The van der Waals surface area contributed by atoms with Crippen LogP contribution in [0.3, 0.4) is 0 Å². The molecular weight excluding hydrogens is 451 g/mol. The zero-order valence-electron chi connectivity index (χ0n) is 16.3. The molecule has 0 unspecified atom stereocenters. The van der Waals surface area contributed by atoms with Crippen LogP contribution < -0.4 is 10.1 Å². The van der Waals surface area contributed by atoms with E-state index in [2.05, 4.69) is 5.32 Å². The second-order valence-corrected chi connectivity index (χ2v) is 8.07. The molecule has 6 nitrogen and oxygen atoms in total. The number of amides is 2. The van der Waals surface area contributed by atoms with E-state index < -0.39 is 11.7 Å². The fraction of sp³-hybridized carbons (Fsp3) is 0.333. The third kappa shape index (κ3) is 4.94. The number of nitrogens with zero attached hydrogens (tertiary/aromatic N) is 1. The smallest absolute Gasteiger partial charge is 0.256 e. The highest BCUT2D eigenvalue weighted by Gasteiger charge is 2.27. The Labute approximate surface area is 189 Å². The van der Waals surface area contributed by atoms with Crippen molar-refractivity contribution in [2.75, 3.05) is 19.7 Å². The van der Waals surface area contributed by atoms with Crippen LogP contribution in [-0.4, -0.2) is 47.6 Å². The van der Waals surface area contributed by atoms with Crippen LogP contribution in [0.2, 0.25) is 15.1 Å². The van der Waals surface area contributed by atoms with E-state index >= 15 is 0 Å². The summed E-state index contributed by atoms with van der Waals surface area (Å²) in [6, 6.07) is 8.15. The van der Waals surface area contributed by atoms with Crippen molar-refractivity contribution in [1.82, 2.24) is 10.2 Å². The van der Waals surface area contributed by atoms with Gasteiger partial charge in [-0.25, -0.2) is 0 Å². The van der Waals surface area contributed by atoms with Crippen molar-refractivity contribution in [1.29, 1.82) is 0 Å². The van der Waals surface area contributed by atoms with E-state index in [-0.39, 0.29) is 32.6 Å². The number of likely N-dealkylation sites (tertiary alicyclic amines) is 1. The van der Waals surface area contributed by atoms with Crippen molar-refractivity contribution in [2.45, 2.75) is 25.8 Å². The summed E-state index contributed by atoms with van der Waals surface area (Å²) in [5.74, 6) is -0.312. The number of ether oxygens (including phenoxy) is 1. The molecule has 2 N–H and O–H groups in total. The lowest BCUT2D eigenvalue weighted by atomic mass is 10.0. The summed E-state index contributed by atoms with van der Waals surface area (Å²) in [4.78, 5) is 27.1. The molecule has 2 aromatic rings. The van der Waals surface area contributed by atoms with Crippen molar-refractivity contribution < 1.29 is 19.4 Å². The van der Waals surface area contributed by atoms with Crippen molar-refractivity contribution in [3.05, 3.63) is 56.5 Å². The van der Waals surface area contributed by atoms with Gasteiger partial charge in [-0.3, -0.25) is 9.59 Å². The SMILES string of the molecule is CCOc1ccc(C(=O)N2CCC(NC(=O)c3c(O)c(Cl)cc(Cl)c3Cl)CC2)cc1. The fourth-order valence-corrected chi connectivity index (χ4v) is 4.01. The van der Waals surface area contributed by atoms with Crippen LogP contribution in [0.4, 0.5) is 0 Å². The number of carbonyl (C=O) groups excluding carboxylic acids is 2. The Hall–Kier alpha value is -2.15. The van der Waals surface area contributed by atoms with E-state index in [1.54, 1.807) is 29.2 Å². The lowest BCUT2D eigenvalue weighted by Gasteiger charge is -2.32. The maximum Gasteiger partial charge on any atom is 0.256 e. The van der Waals surface area contributed by atoms with Gasteiger partial charge in [-0.05, 0) is 50.1 Å². The number of rotatable bonds is 5. The molecule has 0 saturated carbocycles. The molecule has 1 saturated heterocycles. The van der Waals surface area contributed by atoms with Gasteiger partial charge >= 0.3 is 0 Å². The quantitative estimate of drug-likeness (QED) is 0.615. The Balaban J connectivity index is 1.59. The number of nitrogens with one attached hydrogen (secondary N) is 1. The molecule has 3 rings (SSSR count). The normalized spacial score (nSPS) is 14.5. The second-order valence-electron chi connectivity index (χ2n) is 6.88. The minimum atomic E-state index is -0.557. The number of piperidine rings is 1. The third-order valence-corrected chi connectivity index (χ3v) is 5.98. The molecule has 1 aliphatic heterocycles. The van der Waals surface area contributed by atoms with E-state index in [0.717, 1.165) is 5.75 Å². The van der Waals surface area contributed by atoms with Gasteiger partial charge < -0.3 is 20.1 Å². The van der Waals surface area contributed by atoms with Crippen LogP contribution in [0.5, 0.6) is 11.5 Å². The summed E-state index contributed by atoms with van der Waals surface area (Å²) >= 11 is 17.9. The fourth-order valence-electron chi connectivity index (χ4n) is 3.32. The molecule has 0 radical (unpaired) electrons. The number of aromatic hydroxyl groups is 1. The van der Waals surface area contributed by atoms with E-state index in [0.29, 0.717) is 38.1 Å². The van der Waals surface area contributed by atoms with Crippen LogP contribution in [0, 0.1) is 0 Å². The molecule has 0 spiro atoms. The first-order chi connectivity index (χ1) is 14.3. The molecule has 2 aromatic carbocycles. The zero-order valence-corrected chi connectivity index (χ0v) is 18.5. The Bertz CT molecular complexity index is 916. The van der Waals surface area contributed by atoms with Crippen LogP contribution in [0.1, 0.15) is 40.5 Å². The third-order valence-electron chi connectivity index (χ3n) is 4.90. The number of carbonyl (C=O) groups is 2. The van der Waals surface area contributed by atoms with Gasteiger partial charge in [0.2, 0.25) is 0 Å². The topological polar surface area (TPSA) is 78.9 Å². The standard InChI is InChI=1S/C21H21Cl3N2O4/c1-2-30-14-5-3-12(4-6-14)21(29)26-9-7-13(8-10-26)25-20(28)17-18(24)15(22)11-16(23)19(17)27/h3-6,11,13,27H,2,7-10H2,1H3,(H,25,28). The van der Waals surface area contributed by atoms with Crippen LogP contribution >= 0.6 is 34.8 Å². The van der Waals surface area contributed by atoms with Crippen LogP contribution in [0.15, 0.2) is 30.3 Å². The Morgan fingerprint density at radius 1 is 1.13 bits per heavy atom. The Kier molecular flexibility index (Phi) is 7.34. The monoisotopic (exact) mass is 470 g/mol. The molecular formula is C21H21Cl3N2O4. The average molecular weight is 472 g/mol. The minimum Gasteiger partial charge on any atom is -0.505 e. The maximum atomic E-state index is 12.7. The van der Waals surface area contributed by atoms with Gasteiger partial charge in [-0.1, -0.05) is 34.8 Å². The largest absolute Gasteiger partial charge is 0.505 e. The molecule has 0 bridgehead atoms. The summed E-state index contributed by atoms with van der Waals surface area (Å²) < 4.78 is 5.40. The van der Waals surface area contributed by atoms with Crippen LogP contribution in [-0.2, 0) is 0 Å². The van der Waals surface area contributed by atoms with Gasteiger partial charge in [-0.2, -0.15) is 0 Å². The molecule has 9 heteroatoms. The molecule has 0 aromatic heterocycles. The first kappa shape index (κ1) is 22.5. The Morgan fingerprint density at radius 3 is 2.37 bits per heavy atom. The van der Waals surface area contributed by atoms with Crippen molar-refractivity contribution in [3.63, 3.8) is 0 Å².